The predicted molar refractivity (Wildman–Crippen MR) is 58.7 cm³/mol. The van der Waals surface area contributed by atoms with Crippen molar-refractivity contribution >= 4 is 7.32 Å². The Kier molecular flexibility index (Phi) is 6.88. The van der Waals surface area contributed by atoms with Crippen molar-refractivity contribution in [2.24, 2.45) is 0 Å². The lowest BCUT2D eigenvalue weighted by atomic mass is 9.90. The van der Waals surface area contributed by atoms with Crippen LogP contribution in [0.5, 0.6) is 0 Å². The molecule has 90 valence electrons. The van der Waals surface area contributed by atoms with E-state index in [0.717, 1.165) is 0 Å². The van der Waals surface area contributed by atoms with Gasteiger partial charge in [0, 0.05) is 0 Å². The minimum atomic E-state index is -1.72. The summed E-state index contributed by atoms with van der Waals surface area (Å²) >= 11 is 0. The third-order valence-electron chi connectivity index (χ3n) is 1.80. The van der Waals surface area contributed by atoms with Crippen molar-refractivity contribution in [3.05, 3.63) is 12.3 Å². The Morgan fingerprint density at radius 1 is 1.07 bits per heavy atom. The second-order valence-corrected chi connectivity index (χ2v) is 4.26. The van der Waals surface area contributed by atoms with Gasteiger partial charge >= 0.3 is 7.32 Å². The first-order chi connectivity index (χ1) is 6.38. The van der Waals surface area contributed by atoms with Crippen molar-refractivity contribution in [1.29, 1.82) is 0 Å². The molecule has 6 heteroatoms. The van der Waals surface area contributed by atoms with Crippen LogP contribution in [-0.4, -0.2) is 38.8 Å². The molecule has 0 saturated heterocycles. The van der Waals surface area contributed by atoms with Crippen molar-refractivity contribution in [2.75, 3.05) is 0 Å². The first kappa shape index (κ1) is 16.9. The molecule has 0 heterocycles. The highest BCUT2D eigenvalue weighted by molar-refractivity contribution is 6.33. The van der Waals surface area contributed by atoms with E-state index in [1.165, 1.54) is 6.92 Å². The SMILES string of the molecule is C=C(C)OB(O)O.CC(C)(O)C(C)(C)O. The van der Waals surface area contributed by atoms with Gasteiger partial charge in [0.25, 0.3) is 0 Å². The average molecular weight is 220 g/mol. The van der Waals surface area contributed by atoms with Crippen LogP contribution in [0.4, 0.5) is 0 Å². The predicted octanol–water partition coefficient (Wildman–Crippen LogP) is 0.0343. The van der Waals surface area contributed by atoms with Gasteiger partial charge in [0.15, 0.2) is 0 Å². The average Bonchev–Trinajstić information content (AvgIpc) is 1.78. The smallest absolute Gasteiger partial charge is 0.516 e. The minimum absolute atomic E-state index is 0.287. The van der Waals surface area contributed by atoms with Gasteiger partial charge in [-0.1, -0.05) is 6.58 Å². The molecule has 15 heavy (non-hydrogen) atoms. The molecule has 0 aromatic carbocycles. The second kappa shape index (κ2) is 6.12. The van der Waals surface area contributed by atoms with Crippen molar-refractivity contribution in [3.8, 4) is 0 Å². The van der Waals surface area contributed by atoms with Crippen molar-refractivity contribution < 1.29 is 24.9 Å². The maximum absolute atomic E-state index is 9.10. The molecule has 0 aromatic heterocycles. The number of allylic oxidation sites excluding steroid dienone is 1. The van der Waals surface area contributed by atoms with Gasteiger partial charge in [-0.2, -0.15) is 0 Å². The highest BCUT2D eigenvalue weighted by Crippen LogP contribution is 2.19. The summed E-state index contributed by atoms with van der Waals surface area (Å²) in [5.74, 6) is 0.287. The lowest BCUT2D eigenvalue weighted by molar-refractivity contribution is -0.107. The fraction of sp³-hybridized carbons (Fsp3) is 0.778. The molecule has 0 aliphatic heterocycles. The Morgan fingerprint density at radius 3 is 1.33 bits per heavy atom. The van der Waals surface area contributed by atoms with E-state index < -0.39 is 18.5 Å². The van der Waals surface area contributed by atoms with Crippen molar-refractivity contribution in [3.63, 3.8) is 0 Å². The molecule has 5 nitrogen and oxygen atoms in total. The van der Waals surface area contributed by atoms with Gasteiger partial charge in [0.1, 0.15) is 0 Å². The highest BCUT2D eigenvalue weighted by atomic mass is 16.6. The number of rotatable bonds is 3. The van der Waals surface area contributed by atoms with E-state index in [-0.39, 0.29) is 5.76 Å². The molecule has 0 bridgehead atoms. The lowest BCUT2D eigenvalue weighted by Gasteiger charge is -2.31. The van der Waals surface area contributed by atoms with E-state index >= 15 is 0 Å². The number of hydrogen-bond acceptors (Lipinski definition) is 5. The third-order valence-corrected chi connectivity index (χ3v) is 1.80. The summed E-state index contributed by atoms with van der Waals surface area (Å²) in [7, 11) is -1.72. The molecule has 0 spiro atoms. The Bertz CT molecular complexity index is 178. The van der Waals surface area contributed by atoms with E-state index in [2.05, 4.69) is 11.2 Å². The molecule has 0 fully saturated rings. The molecule has 0 radical (unpaired) electrons. The Morgan fingerprint density at radius 2 is 1.33 bits per heavy atom. The molecule has 4 N–H and O–H groups in total. The van der Waals surface area contributed by atoms with Gasteiger partial charge in [-0.25, -0.2) is 0 Å². The van der Waals surface area contributed by atoms with E-state index in [9.17, 15) is 0 Å². The first-order valence-electron chi connectivity index (χ1n) is 4.51. The van der Waals surface area contributed by atoms with Gasteiger partial charge in [-0.3, -0.25) is 0 Å². The molecular weight excluding hydrogens is 199 g/mol. The summed E-state index contributed by atoms with van der Waals surface area (Å²) in [5, 5.41) is 34.2. The standard InChI is InChI=1S/C6H14O2.C3H7BO3/c1-5(2,7)6(3,4)8;1-3(2)7-4(5)6/h7-8H,1-4H3;5-6H,1H2,2H3. The van der Waals surface area contributed by atoms with E-state index in [4.69, 9.17) is 20.3 Å². The highest BCUT2D eigenvalue weighted by Gasteiger charge is 2.31. The van der Waals surface area contributed by atoms with Crippen LogP contribution >= 0.6 is 0 Å². The fourth-order valence-corrected chi connectivity index (χ4v) is 0.180. The van der Waals surface area contributed by atoms with Crippen LogP contribution in [0.1, 0.15) is 34.6 Å². The summed E-state index contributed by atoms with van der Waals surface area (Å²) < 4.78 is 4.17. The molecule has 0 unspecified atom stereocenters. The summed E-state index contributed by atoms with van der Waals surface area (Å²) in [6.07, 6.45) is 0. The molecule has 0 aliphatic carbocycles. The normalized spacial score (nSPS) is 11.3. The Hall–Kier alpha value is -0.555. The second-order valence-electron chi connectivity index (χ2n) is 4.26. The Labute approximate surface area is 91.2 Å². The maximum Gasteiger partial charge on any atom is 0.707 e. The van der Waals surface area contributed by atoms with E-state index in [0.29, 0.717) is 0 Å². The molecule has 0 rings (SSSR count). The van der Waals surface area contributed by atoms with Gasteiger partial charge in [0.05, 0.1) is 17.0 Å². The van der Waals surface area contributed by atoms with Crippen LogP contribution in [-0.2, 0) is 4.65 Å². The lowest BCUT2D eigenvalue weighted by Crippen LogP contribution is -2.44. The topological polar surface area (TPSA) is 90.2 Å². The zero-order chi connectivity index (χ0) is 12.9. The van der Waals surface area contributed by atoms with Gasteiger partial charge in [-0.15, -0.1) is 0 Å². The maximum atomic E-state index is 9.10. The molecule has 0 saturated carbocycles. The van der Waals surface area contributed by atoms with Crippen LogP contribution < -0.4 is 0 Å². The van der Waals surface area contributed by atoms with Crippen molar-refractivity contribution in [1.82, 2.24) is 0 Å². The quantitative estimate of drug-likeness (QED) is 0.398. The van der Waals surface area contributed by atoms with Crippen LogP contribution in [0.25, 0.3) is 0 Å². The van der Waals surface area contributed by atoms with Crippen LogP contribution in [0.3, 0.4) is 0 Å². The van der Waals surface area contributed by atoms with Crippen LogP contribution in [0.15, 0.2) is 12.3 Å². The minimum Gasteiger partial charge on any atom is -0.516 e. The van der Waals surface area contributed by atoms with Crippen LogP contribution in [0.2, 0.25) is 0 Å². The zero-order valence-electron chi connectivity index (χ0n) is 9.98. The summed E-state index contributed by atoms with van der Waals surface area (Å²) in [5.41, 5.74) is -2.01. The molecule has 0 aromatic rings. The summed E-state index contributed by atoms with van der Waals surface area (Å²) in [4.78, 5) is 0. The zero-order valence-corrected chi connectivity index (χ0v) is 9.98. The number of aliphatic hydroxyl groups is 2. The van der Waals surface area contributed by atoms with Gasteiger partial charge in [0.2, 0.25) is 0 Å². The Balaban J connectivity index is 0. The fourth-order valence-electron chi connectivity index (χ4n) is 0.180. The van der Waals surface area contributed by atoms with E-state index in [1.807, 2.05) is 0 Å². The molecule has 0 atom stereocenters. The first-order valence-corrected chi connectivity index (χ1v) is 4.51. The largest absolute Gasteiger partial charge is 0.707 e. The van der Waals surface area contributed by atoms with Crippen molar-refractivity contribution in [2.45, 2.75) is 45.8 Å². The van der Waals surface area contributed by atoms with Gasteiger partial charge in [-0.05, 0) is 34.6 Å². The van der Waals surface area contributed by atoms with Crippen LogP contribution in [0, 0.1) is 0 Å². The molecular formula is C9H21BO5. The molecule has 0 aliphatic rings. The molecule has 0 amide bonds. The summed E-state index contributed by atoms with van der Waals surface area (Å²) in [6.45, 7) is 11.1. The third kappa shape index (κ3) is 11.4. The van der Waals surface area contributed by atoms with E-state index in [1.54, 1.807) is 27.7 Å². The number of hydrogen-bond donors (Lipinski definition) is 4. The summed E-state index contributed by atoms with van der Waals surface area (Å²) in [6, 6.07) is 0. The van der Waals surface area contributed by atoms with Gasteiger partial charge < -0.3 is 24.9 Å². The monoisotopic (exact) mass is 220 g/mol.